The van der Waals surface area contributed by atoms with Crippen LogP contribution in [0.25, 0.3) is 0 Å². The van der Waals surface area contributed by atoms with E-state index in [4.69, 9.17) is 9.47 Å². The quantitative estimate of drug-likeness (QED) is 0.560. The molecule has 2 unspecified atom stereocenters. The molecule has 0 aromatic heterocycles. The van der Waals surface area contributed by atoms with Gasteiger partial charge in [-0.2, -0.15) is 0 Å². The Kier molecular flexibility index (Phi) is 4.61. The molecule has 2 rings (SSSR count). The summed E-state index contributed by atoms with van der Waals surface area (Å²) in [5.41, 5.74) is 1.69. The smallest absolute Gasteiger partial charge is 0.0926 e. The molecule has 2 fully saturated rings. The first-order valence-corrected chi connectivity index (χ1v) is 8.78. The van der Waals surface area contributed by atoms with E-state index in [2.05, 4.69) is 55.0 Å². The Labute approximate surface area is 137 Å². The Hall–Kier alpha value is -0.340. The molecule has 0 radical (unpaired) electrons. The normalized spacial score (nSPS) is 38.1. The zero-order valence-electron chi connectivity index (χ0n) is 15.8. The maximum atomic E-state index is 6.32. The highest BCUT2D eigenvalue weighted by Gasteiger charge is 2.51. The van der Waals surface area contributed by atoms with Crippen LogP contribution in [-0.4, -0.2) is 24.9 Å². The standard InChI is InChI=1S/C20H36O2/c1-15-11-17(2,3)13-19(6,7)16-20(8,22-10-9-21-16)14-18(4,5)12-15/h16H,1,9-14H2,2-8H3. The van der Waals surface area contributed by atoms with E-state index in [0.717, 1.165) is 32.3 Å². The van der Waals surface area contributed by atoms with Gasteiger partial charge in [0.15, 0.2) is 0 Å². The molecule has 0 N–H and O–H groups in total. The third-order valence-corrected chi connectivity index (χ3v) is 5.28. The molecule has 0 aromatic rings. The summed E-state index contributed by atoms with van der Waals surface area (Å²) in [7, 11) is 0. The van der Waals surface area contributed by atoms with Crippen LogP contribution in [0.3, 0.4) is 0 Å². The number of rotatable bonds is 0. The molecule has 0 spiro atoms. The van der Waals surface area contributed by atoms with Crippen molar-refractivity contribution in [3.63, 3.8) is 0 Å². The third-order valence-electron chi connectivity index (χ3n) is 5.28. The first-order chi connectivity index (χ1) is 9.85. The summed E-state index contributed by atoms with van der Waals surface area (Å²) in [6.07, 6.45) is 4.47. The Morgan fingerprint density at radius 2 is 1.41 bits per heavy atom. The first-order valence-electron chi connectivity index (χ1n) is 8.78. The van der Waals surface area contributed by atoms with Crippen molar-refractivity contribution in [1.82, 2.24) is 0 Å². The number of hydrogen-bond donors (Lipinski definition) is 0. The van der Waals surface area contributed by atoms with Crippen LogP contribution in [-0.2, 0) is 9.47 Å². The monoisotopic (exact) mass is 308 g/mol. The van der Waals surface area contributed by atoms with Crippen molar-refractivity contribution in [2.75, 3.05) is 13.2 Å². The van der Waals surface area contributed by atoms with Gasteiger partial charge in [0.05, 0.1) is 24.9 Å². The Bertz CT molecular complexity index is 433. The average Bonchev–Trinajstić information content (AvgIpc) is 2.21. The van der Waals surface area contributed by atoms with Crippen LogP contribution in [0.2, 0.25) is 0 Å². The number of ether oxygens (including phenoxy) is 2. The fourth-order valence-corrected chi connectivity index (χ4v) is 5.71. The van der Waals surface area contributed by atoms with E-state index >= 15 is 0 Å². The van der Waals surface area contributed by atoms with Crippen molar-refractivity contribution in [2.45, 2.75) is 85.9 Å². The lowest BCUT2D eigenvalue weighted by molar-refractivity contribution is -0.242. The Balaban J connectivity index is 2.42. The molecule has 22 heavy (non-hydrogen) atoms. The molecule has 2 atom stereocenters. The Morgan fingerprint density at radius 1 is 0.864 bits per heavy atom. The van der Waals surface area contributed by atoms with Crippen LogP contribution in [0.1, 0.15) is 74.1 Å². The maximum Gasteiger partial charge on any atom is 0.0926 e. The van der Waals surface area contributed by atoms with E-state index in [9.17, 15) is 0 Å². The molecule has 1 aliphatic heterocycles. The van der Waals surface area contributed by atoms with E-state index in [-0.39, 0.29) is 27.9 Å². The van der Waals surface area contributed by atoms with Crippen molar-refractivity contribution < 1.29 is 9.47 Å². The average molecular weight is 309 g/mol. The zero-order valence-corrected chi connectivity index (χ0v) is 15.8. The lowest BCUT2D eigenvalue weighted by Crippen LogP contribution is -2.58. The summed E-state index contributed by atoms with van der Waals surface area (Å²) >= 11 is 0. The van der Waals surface area contributed by atoms with Gasteiger partial charge < -0.3 is 9.47 Å². The molecule has 0 aromatic carbocycles. The summed E-state index contributed by atoms with van der Waals surface area (Å²) < 4.78 is 12.6. The van der Waals surface area contributed by atoms with Gasteiger partial charge in [0.25, 0.3) is 0 Å². The summed E-state index contributed by atoms with van der Waals surface area (Å²) in [5.74, 6) is 0. The molecule has 0 amide bonds. The van der Waals surface area contributed by atoms with Crippen molar-refractivity contribution in [2.24, 2.45) is 16.2 Å². The van der Waals surface area contributed by atoms with Crippen molar-refractivity contribution >= 4 is 0 Å². The predicted octanol–water partition coefficient (Wildman–Crippen LogP) is 5.37. The molecule has 1 aliphatic carbocycles. The van der Waals surface area contributed by atoms with Crippen LogP contribution in [0.15, 0.2) is 12.2 Å². The van der Waals surface area contributed by atoms with Crippen LogP contribution >= 0.6 is 0 Å². The predicted molar refractivity (Wildman–Crippen MR) is 93.0 cm³/mol. The van der Waals surface area contributed by atoms with Crippen LogP contribution < -0.4 is 0 Å². The minimum atomic E-state index is -0.209. The minimum Gasteiger partial charge on any atom is -0.372 e. The Morgan fingerprint density at radius 3 is 2.00 bits per heavy atom. The highest BCUT2D eigenvalue weighted by molar-refractivity contribution is 5.08. The van der Waals surface area contributed by atoms with Crippen molar-refractivity contribution in [3.8, 4) is 0 Å². The third kappa shape index (κ3) is 3.94. The number of fused-ring (bicyclic) bond motifs is 1. The molecular weight excluding hydrogens is 272 g/mol. The van der Waals surface area contributed by atoms with Gasteiger partial charge in [-0.1, -0.05) is 53.7 Å². The van der Waals surface area contributed by atoms with E-state index in [1.165, 1.54) is 5.57 Å². The number of hydrogen-bond acceptors (Lipinski definition) is 2. The second-order valence-corrected chi connectivity index (χ2v) is 10.2. The molecule has 2 nitrogen and oxygen atoms in total. The highest BCUT2D eigenvalue weighted by atomic mass is 16.6. The van der Waals surface area contributed by atoms with Crippen molar-refractivity contribution in [3.05, 3.63) is 12.2 Å². The van der Waals surface area contributed by atoms with E-state index in [0.29, 0.717) is 6.61 Å². The van der Waals surface area contributed by atoms with Crippen LogP contribution in [0, 0.1) is 16.2 Å². The fraction of sp³-hybridized carbons (Fsp3) is 0.900. The summed E-state index contributed by atoms with van der Waals surface area (Å²) in [5, 5.41) is 0. The van der Waals surface area contributed by atoms with Gasteiger partial charge in [-0.3, -0.25) is 0 Å². The summed E-state index contributed by atoms with van der Waals surface area (Å²) in [6, 6.07) is 0. The largest absolute Gasteiger partial charge is 0.372 e. The second-order valence-electron chi connectivity index (χ2n) is 10.2. The molecule has 2 heteroatoms. The summed E-state index contributed by atoms with van der Waals surface area (Å²) in [4.78, 5) is 0. The minimum absolute atomic E-state index is 0.0897. The van der Waals surface area contributed by atoms with E-state index in [1.54, 1.807) is 0 Å². The van der Waals surface area contributed by atoms with Crippen LogP contribution in [0.5, 0.6) is 0 Å². The van der Waals surface area contributed by atoms with Gasteiger partial charge in [-0.15, -0.1) is 0 Å². The molecule has 1 heterocycles. The second kappa shape index (κ2) is 5.63. The van der Waals surface area contributed by atoms with Gasteiger partial charge in [-0.05, 0) is 48.9 Å². The molecular formula is C20H36O2. The lowest BCUT2D eigenvalue weighted by atomic mass is 9.61. The molecule has 2 aliphatic rings. The molecule has 1 saturated heterocycles. The van der Waals surface area contributed by atoms with E-state index < -0.39 is 0 Å². The number of allylic oxidation sites excluding steroid dienone is 1. The van der Waals surface area contributed by atoms with Gasteiger partial charge in [-0.25, -0.2) is 0 Å². The van der Waals surface area contributed by atoms with E-state index in [1.807, 2.05) is 0 Å². The molecule has 128 valence electrons. The lowest BCUT2D eigenvalue weighted by Gasteiger charge is -2.53. The SMILES string of the molecule is C=C1CC(C)(C)CC(C)(C)C2OCCOC2(C)CC(C)(C)C1. The molecule has 0 bridgehead atoms. The first kappa shape index (κ1) is 18.0. The summed E-state index contributed by atoms with van der Waals surface area (Å²) in [6.45, 7) is 22.2. The zero-order chi connectivity index (χ0) is 16.8. The van der Waals surface area contributed by atoms with Crippen molar-refractivity contribution in [1.29, 1.82) is 0 Å². The molecule has 1 saturated carbocycles. The van der Waals surface area contributed by atoms with Gasteiger partial charge in [0.1, 0.15) is 0 Å². The van der Waals surface area contributed by atoms with Gasteiger partial charge in [0.2, 0.25) is 0 Å². The van der Waals surface area contributed by atoms with Gasteiger partial charge >= 0.3 is 0 Å². The topological polar surface area (TPSA) is 18.5 Å². The fourth-order valence-electron chi connectivity index (χ4n) is 5.71. The van der Waals surface area contributed by atoms with Crippen LogP contribution in [0.4, 0.5) is 0 Å². The highest BCUT2D eigenvalue weighted by Crippen LogP contribution is 2.51. The maximum absolute atomic E-state index is 6.32. The van der Waals surface area contributed by atoms with Gasteiger partial charge in [0, 0.05) is 0 Å².